The van der Waals surface area contributed by atoms with Gasteiger partial charge < -0.3 is 0 Å². The summed E-state index contributed by atoms with van der Waals surface area (Å²) in [6.45, 7) is 16.9. The maximum Gasteiger partial charge on any atom is 0.0507 e. The maximum absolute atomic E-state index is 2.68. The Morgan fingerprint density at radius 1 is 0.864 bits per heavy atom. The first-order valence-corrected chi connectivity index (χ1v) is 9.60. The van der Waals surface area contributed by atoms with E-state index in [1.807, 2.05) is 0 Å². The molecule has 0 unspecified atom stereocenters. The van der Waals surface area contributed by atoms with Gasteiger partial charge in [-0.2, -0.15) is 0 Å². The van der Waals surface area contributed by atoms with Crippen LogP contribution in [0.25, 0.3) is 0 Å². The first-order chi connectivity index (χ1) is 10.7. The van der Waals surface area contributed by atoms with Gasteiger partial charge in [0.25, 0.3) is 0 Å². The van der Waals surface area contributed by atoms with Crippen molar-refractivity contribution in [2.45, 2.75) is 52.9 Å². The monoisotopic (exact) mass is 307 g/mol. The van der Waals surface area contributed by atoms with Crippen LogP contribution in [0.5, 0.6) is 0 Å². The summed E-state index contributed by atoms with van der Waals surface area (Å²) >= 11 is 0. The Labute approximate surface area is 138 Å². The van der Waals surface area contributed by atoms with Crippen LogP contribution in [0.3, 0.4) is 0 Å². The number of hydrogen-bond donors (Lipinski definition) is 0. The van der Waals surface area contributed by atoms with E-state index in [1.165, 1.54) is 84.6 Å². The second-order valence-corrected chi connectivity index (χ2v) is 7.13. The van der Waals surface area contributed by atoms with Crippen molar-refractivity contribution in [3.8, 4) is 0 Å². The molecule has 0 bridgehead atoms. The average Bonchev–Trinajstić information content (AvgIpc) is 2.57. The SMILES string of the molecule is CC/C=C(\CC)CN1CCN(CN2CCC(CC)CC2)CC1. The molecule has 2 fully saturated rings. The van der Waals surface area contributed by atoms with E-state index in [0.29, 0.717) is 0 Å². The maximum atomic E-state index is 2.68. The molecule has 2 rings (SSSR count). The highest BCUT2D eigenvalue weighted by atomic mass is 15.3. The van der Waals surface area contributed by atoms with Crippen LogP contribution in [-0.4, -0.2) is 67.2 Å². The summed E-state index contributed by atoms with van der Waals surface area (Å²) in [7, 11) is 0. The van der Waals surface area contributed by atoms with Gasteiger partial charge in [-0.25, -0.2) is 0 Å². The average molecular weight is 308 g/mol. The summed E-state index contributed by atoms with van der Waals surface area (Å²) in [6.07, 6.45) is 9.01. The van der Waals surface area contributed by atoms with Crippen LogP contribution in [0.1, 0.15) is 52.9 Å². The second-order valence-electron chi connectivity index (χ2n) is 7.13. The van der Waals surface area contributed by atoms with Crippen molar-refractivity contribution in [2.75, 3.05) is 52.5 Å². The van der Waals surface area contributed by atoms with E-state index < -0.39 is 0 Å². The van der Waals surface area contributed by atoms with Gasteiger partial charge in [-0.05, 0) is 44.7 Å². The van der Waals surface area contributed by atoms with Crippen molar-refractivity contribution in [2.24, 2.45) is 5.92 Å². The highest BCUT2D eigenvalue weighted by Crippen LogP contribution is 2.20. The third-order valence-electron chi connectivity index (χ3n) is 5.52. The van der Waals surface area contributed by atoms with Gasteiger partial charge >= 0.3 is 0 Å². The summed E-state index contributed by atoms with van der Waals surface area (Å²) in [4.78, 5) is 7.99. The fourth-order valence-electron chi connectivity index (χ4n) is 3.80. The van der Waals surface area contributed by atoms with E-state index in [-0.39, 0.29) is 0 Å². The lowest BCUT2D eigenvalue weighted by molar-refractivity contribution is 0.0580. The van der Waals surface area contributed by atoms with Crippen molar-refractivity contribution in [1.29, 1.82) is 0 Å². The minimum Gasteiger partial charge on any atom is -0.297 e. The first kappa shape index (κ1) is 18.0. The summed E-state index contributed by atoms with van der Waals surface area (Å²) in [5.41, 5.74) is 1.62. The van der Waals surface area contributed by atoms with Gasteiger partial charge in [0.1, 0.15) is 0 Å². The Morgan fingerprint density at radius 3 is 2.00 bits per heavy atom. The molecule has 2 aliphatic rings. The summed E-state index contributed by atoms with van der Waals surface area (Å²) in [5.74, 6) is 0.992. The number of rotatable bonds is 7. The lowest BCUT2D eigenvalue weighted by Crippen LogP contribution is -2.51. The number of nitrogens with zero attached hydrogens (tertiary/aromatic N) is 3. The molecule has 2 saturated heterocycles. The molecule has 3 nitrogen and oxygen atoms in total. The van der Waals surface area contributed by atoms with Gasteiger partial charge in [0, 0.05) is 32.7 Å². The Bertz CT molecular complexity index is 324. The van der Waals surface area contributed by atoms with Crippen LogP contribution in [-0.2, 0) is 0 Å². The molecule has 0 radical (unpaired) electrons. The minimum atomic E-state index is 0.992. The van der Waals surface area contributed by atoms with E-state index >= 15 is 0 Å². The molecule has 2 heterocycles. The zero-order chi connectivity index (χ0) is 15.8. The molecule has 0 spiro atoms. The topological polar surface area (TPSA) is 9.72 Å². The molecule has 0 amide bonds. The van der Waals surface area contributed by atoms with E-state index in [2.05, 4.69) is 41.5 Å². The molecule has 0 aromatic rings. The molecule has 3 heteroatoms. The summed E-state index contributed by atoms with van der Waals surface area (Å²) < 4.78 is 0. The fraction of sp³-hybridized carbons (Fsp3) is 0.895. The first-order valence-electron chi connectivity index (χ1n) is 9.60. The van der Waals surface area contributed by atoms with Crippen molar-refractivity contribution >= 4 is 0 Å². The lowest BCUT2D eigenvalue weighted by Gasteiger charge is -2.40. The van der Waals surface area contributed by atoms with Gasteiger partial charge in [-0.15, -0.1) is 0 Å². The summed E-state index contributed by atoms with van der Waals surface area (Å²) in [5, 5.41) is 0. The quantitative estimate of drug-likeness (QED) is 0.667. The number of allylic oxidation sites excluding steroid dienone is 1. The van der Waals surface area contributed by atoms with Crippen molar-refractivity contribution in [1.82, 2.24) is 14.7 Å². The molecule has 0 aromatic carbocycles. The molecule has 0 N–H and O–H groups in total. The van der Waals surface area contributed by atoms with Crippen LogP contribution in [0.4, 0.5) is 0 Å². The third-order valence-corrected chi connectivity index (χ3v) is 5.52. The Kier molecular flexibility index (Phi) is 7.91. The Morgan fingerprint density at radius 2 is 1.45 bits per heavy atom. The van der Waals surface area contributed by atoms with Crippen LogP contribution in [0.2, 0.25) is 0 Å². The number of piperazine rings is 1. The number of piperidine rings is 1. The van der Waals surface area contributed by atoms with Gasteiger partial charge in [0.15, 0.2) is 0 Å². The number of likely N-dealkylation sites (tertiary alicyclic amines) is 1. The second kappa shape index (κ2) is 9.69. The zero-order valence-electron chi connectivity index (χ0n) is 15.2. The van der Waals surface area contributed by atoms with Crippen LogP contribution in [0, 0.1) is 5.92 Å². The smallest absolute Gasteiger partial charge is 0.0507 e. The van der Waals surface area contributed by atoms with Gasteiger partial charge in [-0.1, -0.05) is 38.8 Å². The largest absolute Gasteiger partial charge is 0.297 e. The standard InChI is InChI=1S/C19H37N3/c1-4-7-19(6-3)16-20-12-14-22(15-13-20)17-21-10-8-18(5-2)9-11-21/h7,18H,4-6,8-17H2,1-3H3/b19-7+. The molecule has 0 aliphatic carbocycles. The highest BCUT2D eigenvalue weighted by molar-refractivity contribution is 5.03. The van der Waals surface area contributed by atoms with Crippen LogP contribution in [0.15, 0.2) is 11.6 Å². The van der Waals surface area contributed by atoms with Crippen molar-refractivity contribution in [3.63, 3.8) is 0 Å². The molecule has 2 aliphatic heterocycles. The van der Waals surface area contributed by atoms with Gasteiger partial charge in [0.2, 0.25) is 0 Å². The van der Waals surface area contributed by atoms with Gasteiger partial charge in [-0.3, -0.25) is 14.7 Å². The Hall–Kier alpha value is -0.380. The molecule has 0 aromatic heterocycles. The highest BCUT2D eigenvalue weighted by Gasteiger charge is 2.22. The molecule has 22 heavy (non-hydrogen) atoms. The third kappa shape index (κ3) is 5.68. The predicted molar refractivity (Wildman–Crippen MR) is 96.1 cm³/mol. The van der Waals surface area contributed by atoms with Crippen molar-refractivity contribution in [3.05, 3.63) is 11.6 Å². The van der Waals surface area contributed by atoms with E-state index in [4.69, 9.17) is 0 Å². The van der Waals surface area contributed by atoms with E-state index in [0.717, 1.165) is 5.92 Å². The van der Waals surface area contributed by atoms with Crippen LogP contribution < -0.4 is 0 Å². The minimum absolute atomic E-state index is 0.992. The predicted octanol–water partition coefficient (Wildman–Crippen LogP) is 3.43. The Balaban J connectivity index is 1.66. The van der Waals surface area contributed by atoms with E-state index in [9.17, 15) is 0 Å². The molecule has 128 valence electrons. The molecule has 0 saturated carbocycles. The summed E-state index contributed by atoms with van der Waals surface area (Å²) in [6, 6.07) is 0. The molecular formula is C19H37N3. The van der Waals surface area contributed by atoms with Gasteiger partial charge in [0.05, 0.1) is 6.67 Å². The number of hydrogen-bond acceptors (Lipinski definition) is 3. The lowest BCUT2D eigenvalue weighted by atomic mass is 9.95. The normalized spacial score (nSPS) is 24.0. The van der Waals surface area contributed by atoms with Crippen molar-refractivity contribution < 1.29 is 0 Å². The van der Waals surface area contributed by atoms with E-state index in [1.54, 1.807) is 5.57 Å². The van der Waals surface area contributed by atoms with Crippen LogP contribution >= 0.6 is 0 Å². The molecule has 0 atom stereocenters. The zero-order valence-corrected chi connectivity index (χ0v) is 15.2. The molecular weight excluding hydrogens is 270 g/mol. The fourth-order valence-corrected chi connectivity index (χ4v) is 3.80.